The van der Waals surface area contributed by atoms with Gasteiger partial charge in [0, 0.05) is 5.56 Å². The van der Waals surface area contributed by atoms with Gasteiger partial charge in [0.15, 0.2) is 17.7 Å². The van der Waals surface area contributed by atoms with Crippen LogP contribution in [0.3, 0.4) is 0 Å². The highest BCUT2D eigenvalue weighted by Gasteiger charge is 2.42. The second-order valence-corrected chi connectivity index (χ2v) is 10.8. The summed E-state index contributed by atoms with van der Waals surface area (Å²) < 4.78 is 80.1. The molecule has 0 fully saturated rings. The van der Waals surface area contributed by atoms with Crippen molar-refractivity contribution < 1.29 is 36.2 Å². The molecule has 0 saturated carbocycles. The lowest BCUT2D eigenvalue weighted by Gasteiger charge is -2.20. The molecule has 0 N–H and O–H groups in total. The Morgan fingerprint density at radius 3 is 1.81 bits per heavy atom. The van der Waals surface area contributed by atoms with E-state index in [0.29, 0.717) is 30.6 Å². The number of ether oxygens (including phenoxy) is 2. The number of carbonyl (C=O) groups is 1. The third-order valence-corrected chi connectivity index (χ3v) is 7.39. The van der Waals surface area contributed by atoms with Crippen LogP contribution in [-0.4, -0.2) is 24.9 Å². The summed E-state index contributed by atoms with van der Waals surface area (Å²) in [7, 11) is 0. The Kier molecular flexibility index (Phi) is 13.5. The quantitative estimate of drug-likeness (QED) is 0.0874. The van der Waals surface area contributed by atoms with Crippen LogP contribution in [0, 0.1) is 11.6 Å². The van der Waals surface area contributed by atoms with Crippen LogP contribution in [0.1, 0.15) is 94.8 Å². The summed E-state index contributed by atoms with van der Waals surface area (Å²) in [6.45, 7) is 4.44. The summed E-state index contributed by atoms with van der Waals surface area (Å²) in [4.78, 5) is 12.4. The van der Waals surface area contributed by atoms with E-state index in [-0.39, 0.29) is 23.3 Å². The Morgan fingerprint density at radius 1 is 0.674 bits per heavy atom. The van der Waals surface area contributed by atoms with E-state index >= 15 is 0 Å². The van der Waals surface area contributed by atoms with Crippen molar-refractivity contribution in [2.75, 3.05) is 6.61 Å². The molecule has 3 aromatic carbocycles. The van der Waals surface area contributed by atoms with E-state index in [9.17, 15) is 26.7 Å². The van der Waals surface area contributed by atoms with Gasteiger partial charge < -0.3 is 9.47 Å². The van der Waals surface area contributed by atoms with Gasteiger partial charge in [0.05, 0.1) is 12.2 Å². The molecule has 3 rings (SSSR count). The van der Waals surface area contributed by atoms with Crippen molar-refractivity contribution in [1.82, 2.24) is 0 Å². The molecular formula is C35H41F5O3. The van der Waals surface area contributed by atoms with Gasteiger partial charge in [-0.25, -0.2) is 9.18 Å². The van der Waals surface area contributed by atoms with Crippen LogP contribution >= 0.6 is 0 Å². The Balaban J connectivity index is 1.61. The van der Waals surface area contributed by atoms with Gasteiger partial charge in [-0.2, -0.15) is 17.6 Å². The molecule has 1 atom stereocenters. The standard InChI is InChI=1S/C35H41F5O3/c1-3-5-7-9-10-12-24-42-30-23-22-29(32(36)33(30)37)27-18-14-25(15-19-27)26-16-20-28(21-17-26)34(41)43-31(35(38,39)40)13-11-8-6-4-2/h14-23,31H,3-13,24H2,1-2H3. The summed E-state index contributed by atoms with van der Waals surface area (Å²) in [5, 5.41) is 0. The molecule has 43 heavy (non-hydrogen) atoms. The van der Waals surface area contributed by atoms with Crippen LogP contribution in [0.2, 0.25) is 0 Å². The van der Waals surface area contributed by atoms with Crippen LogP contribution in [0.4, 0.5) is 22.0 Å². The van der Waals surface area contributed by atoms with Gasteiger partial charge in [-0.15, -0.1) is 0 Å². The predicted octanol–water partition coefficient (Wildman–Crippen LogP) is 11.1. The first-order valence-electron chi connectivity index (χ1n) is 15.2. The fraction of sp³-hybridized carbons (Fsp3) is 0.457. The number of hydrogen-bond donors (Lipinski definition) is 0. The van der Waals surface area contributed by atoms with Gasteiger partial charge >= 0.3 is 12.1 Å². The first-order chi connectivity index (χ1) is 20.7. The SMILES string of the molecule is CCCCCCCCOc1ccc(-c2ccc(-c3ccc(C(=O)OC(CCCCCC)C(F)(F)F)cc3)cc2)c(F)c1F. The highest BCUT2D eigenvalue weighted by atomic mass is 19.4. The molecule has 0 aliphatic heterocycles. The minimum Gasteiger partial charge on any atom is -0.490 e. The van der Waals surface area contributed by atoms with E-state index in [1.54, 1.807) is 36.4 Å². The molecule has 0 heterocycles. The number of carbonyl (C=O) groups excluding carboxylic acids is 1. The fourth-order valence-electron chi connectivity index (χ4n) is 4.81. The molecular weight excluding hydrogens is 563 g/mol. The summed E-state index contributed by atoms with van der Waals surface area (Å²) in [5.41, 5.74) is 2.01. The van der Waals surface area contributed by atoms with Crippen LogP contribution in [0.25, 0.3) is 22.3 Å². The van der Waals surface area contributed by atoms with Crippen molar-refractivity contribution in [3.63, 3.8) is 0 Å². The van der Waals surface area contributed by atoms with Crippen LogP contribution in [0.5, 0.6) is 5.75 Å². The van der Waals surface area contributed by atoms with Crippen molar-refractivity contribution in [1.29, 1.82) is 0 Å². The maximum Gasteiger partial charge on any atom is 0.425 e. The number of esters is 1. The second kappa shape index (κ2) is 17.0. The highest BCUT2D eigenvalue weighted by molar-refractivity contribution is 5.90. The van der Waals surface area contributed by atoms with Crippen LogP contribution < -0.4 is 4.74 Å². The lowest BCUT2D eigenvalue weighted by molar-refractivity contribution is -0.206. The molecule has 0 amide bonds. The van der Waals surface area contributed by atoms with Gasteiger partial charge in [0.25, 0.3) is 0 Å². The number of alkyl halides is 3. The van der Waals surface area contributed by atoms with Gasteiger partial charge in [-0.05, 0) is 60.2 Å². The first kappa shape index (κ1) is 34.1. The zero-order chi connectivity index (χ0) is 31.2. The van der Waals surface area contributed by atoms with Crippen LogP contribution in [-0.2, 0) is 4.74 Å². The topological polar surface area (TPSA) is 35.5 Å². The smallest absolute Gasteiger partial charge is 0.425 e. The van der Waals surface area contributed by atoms with E-state index in [2.05, 4.69) is 6.92 Å². The normalized spacial score (nSPS) is 12.3. The minimum absolute atomic E-state index is 0.0135. The number of halogens is 5. The van der Waals surface area contributed by atoms with Gasteiger partial charge in [0.2, 0.25) is 5.82 Å². The van der Waals surface area contributed by atoms with Gasteiger partial charge in [-0.1, -0.05) is 102 Å². The molecule has 3 nitrogen and oxygen atoms in total. The van der Waals surface area contributed by atoms with Crippen molar-refractivity contribution in [2.45, 2.75) is 96.8 Å². The van der Waals surface area contributed by atoms with E-state index < -0.39 is 29.9 Å². The zero-order valence-corrected chi connectivity index (χ0v) is 25.0. The summed E-state index contributed by atoms with van der Waals surface area (Å²) in [6.07, 6.45) is 2.04. The Bertz CT molecular complexity index is 1270. The molecule has 0 aromatic heterocycles. The minimum atomic E-state index is -4.63. The zero-order valence-electron chi connectivity index (χ0n) is 25.0. The number of hydrogen-bond acceptors (Lipinski definition) is 3. The van der Waals surface area contributed by atoms with Gasteiger partial charge in [-0.3, -0.25) is 0 Å². The summed E-state index contributed by atoms with van der Waals surface area (Å²) in [6, 6.07) is 15.7. The summed E-state index contributed by atoms with van der Waals surface area (Å²) >= 11 is 0. The predicted molar refractivity (Wildman–Crippen MR) is 160 cm³/mol. The van der Waals surface area contributed by atoms with E-state index in [0.717, 1.165) is 50.5 Å². The highest BCUT2D eigenvalue weighted by Crippen LogP contribution is 2.32. The Hall–Kier alpha value is -3.42. The molecule has 234 valence electrons. The van der Waals surface area contributed by atoms with Crippen molar-refractivity contribution in [3.05, 3.63) is 77.9 Å². The average Bonchev–Trinajstić information content (AvgIpc) is 3.00. The number of benzene rings is 3. The lowest BCUT2D eigenvalue weighted by Crippen LogP contribution is -2.33. The van der Waals surface area contributed by atoms with Crippen LogP contribution in [0.15, 0.2) is 60.7 Å². The fourth-order valence-corrected chi connectivity index (χ4v) is 4.81. The van der Waals surface area contributed by atoms with Crippen molar-refractivity contribution >= 4 is 5.97 Å². The average molecular weight is 605 g/mol. The molecule has 0 aliphatic carbocycles. The molecule has 1 unspecified atom stereocenters. The van der Waals surface area contributed by atoms with Crippen molar-refractivity contribution in [3.8, 4) is 28.0 Å². The maximum atomic E-state index is 14.9. The molecule has 0 spiro atoms. The van der Waals surface area contributed by atoms with E-state index in [4.69, 9.17) is 9.47 Å². The Labute approximate surface area is 251 Å². The monoisotopic (exact) mass is 604 g/mol. The molecule has 0 aliphatic rings. The third kappa shape index (κ3) is 10.4. The van der Waals surface area contributed by atoms with E-state index in [1.165, 1.54) is 30.7 Å². The van der Waals surface area contributed by atoms with E-state index in [1.807, 2.05) is 6.92 Å². The summed E-state index contributed by atoms with van der Waals surface area (Å²) in [5.74, 6) is -3.15. The number of unbranched alkanes of at least 4 members (excludes halogenated alkanes) is 8. The largest absolute Gasteiger partial charge is 0.490 e. The molecule has 0 bridgehead atoms. The second-order valence-electron chi connectivity index (χ2n) is 10.8. The molecule has 3 aromatic rings. The third-order valence-electron chi connectivity index (χ3n) is 7.39. The van der Waals surface area contributed by atoms with Gasteiger partial charge in [0.1, 0.15) is 0 Å². The number of rotatable bonds is 17. The molecule has 0 radical (unpaired) electrons. The maximum absolute atomic E-state index is 14.9. The molecule has 8 heteroatoms. The lowest BCUT2D eigenvalue weighted by atomic mass is 9.99. The van der Waals surface area contributed by atoms with Crippen molar-refractivity contribution in [2.24, 2.45) is 0 Å². The Morgan fingerprint density at radius 2 is 1.21 bits per heavy atom. The first-order valence-corrected chi connectivity index (χ1v) is 15.2. The molecule has 0 saturated heterocycles.